The minimum Gasteiger partial charge on any atom is -0.314 e. The lowest BCUT2D eigenvalue weighted by molar-refractivity contribution is 0.255. The number of carbonyl (C=O) groups is 1. The molecule has 2 aromatic rings. The van der Waals surface area contributed by atoms with E-state index in [4.69, 9.17) is 11.6 Å². The molecule has 0 aliphatic heterocycles. The van der Waals surface area contributed by atoms with Crippen molar-refractivity contribution >= 4 is 29.4 Å². The molecule has 108 valence electrons. The number of carbonyl (C=O) groups excluding carboxylic acids is 1. The Morgan fingerprint density at radius 3 is 2.62 bits per heavy atom. The van der Waals surface area contributed by atoms with Gasteiger partial charge in [-0.1, -0.05) is 41.9 Å². The highest BCUT2D eigenvalue weighted by molar-refractivity contribution is 6.32. The van der Waals surface area contributed by atoms with E-state index in [1.165, 1.54) is 0 Å². The van der Waals surface area contributed by atoms with Gasteiger partial charge in [0.15, 0.2) is 0 Å². The summed E-state index contributed by atoms with van der Waals surface area (Å²) in [5.74, 6) is 0. The van der Waals surface area contributed by atoms with Gasteiger partial charge in [-0.3, -0.25) is 0 Å². The third-order valence-electron chi connectivity index (χ3n) is 3.24. The van der Waals surface area contributed by atoms with Crippen molar-refractivity contribution in [3.05, 3.63) is 70.4 Å². The molecule has 0 radical (unpaired) electrons. The van der Waals surface area contributed by atoms with Gasteiger partial charge in [0.2, 0.25) is 0 Å². The van der Waals surface area contributed by atoms with E-state index in [1.54, 1.807) is 18.3 Å². The van der Waals surface area contributed by atoms with Crippen LogP contribution in [0.2, 0.25) is 5.02 Å². The van der Waals surface area contributed by atoms with Crippen LogP contribution in [0, 0.1) is 13.8 Å². The molecule has 2 aromatic carbocycles. The van der Waals surface area contributed by atoms with E-state index in [0.29, 0.717) is 5.02 Å². The fraction of sp³-hybridized carbons (Fsp3) is 0.118. The van der Waals surface area contributed by atoms with Crippen LogP contribution in [0.3, 0.4) is 0 Å². The minimum absolute atomic E-state index is 0.285. The van der Waals surface area contributed by atoms with Crippen LogP contribution in [0.4, 0.5) is 10.5 Å². The number of hydrogen-bond donors (Lipinski definition) is 2. The molecule has 0 spiro atoms. The summed E-state index contributed by atoms with van der Waals surface area (Å²) in [6.45, 7) is 3.99. The van der Waals surface area contributed by atoms with Crippen LogP contribution < -0.4 is 10.6 Å². The Morgan fingerprint density at radius 2 is 1.86 bits per heavy atom. The van der Waals surface area contributed by atoms with E-state index in [2.05, 4.69) is 10.6 Å². The number of aryl methyl sites for hydroxylation is 1. The maximum absolute atomic E-state index is 11.8. The Hall–Kier alpha value is -2.26. The zero-order valence-electron chi connectivity index (χ0n) is 12.0. The van der Waals surface area contributed by atoms with Crippen molar-refractivity contribution in [3.8, 4) is 0 Å². The molecule has 2 amide bonds. The summed E-state index contributed by atoms with van der Waals surface area (Å²) in [5.41, 5.74) is 3.85. The van der Waals surface area contributed by atoms with Crippen molar-refractivity contribution in [2.75, 3.05) is 5.32 Å². The van der Waals surface area contributed by atoms with Crippen LogP contribution >= 0.6 is 11.6 Å². The SMILES string of the molecule is Cc1cccc(NC(=O)N/C=C/c2ccccc2Cl)c1C. The van der Waals surface area contributed by atoms with Crippen LogP contribution in [-0.4, -0.2) is 6.03 Å². The van der Waals surface area contributed by atoms with E-state index in [1.807, 2.05) is 50.2 Å². The molecular formula is C17H17ClN2O. The molecule has 0 saturated carbocycles. The second-order valence-corrected chi connectivity index (χ2v) is 5.11. The summed E-state index contributed by atoms with van der Waals surface area (Å²) >= 11 is 6.03. The predicted molar refractivity (Wildman–Crippen MR) is 88.6 cm³/mol. The van der Waals surface area contributed by atoms with Crippen molar-refractivity contribution in [2.24, 2.45) is 0 Å². The van der Waals surface area contributed by atoms with Gasteiger partial charge >= 0.3 is 6.03 Å². The fourth-order valence-electron chi connectivity index (χ4n) is 1.86. The number of rotatable bonds is 3. The van der Waals surface area contributed by atoms with Gasteiger partial charge < -0.3 is 10.6 Å². The Kier molecular flexibility index (Phi) is 5.01. The van der Waals surface area contributed by atoms with Crippen LogP contribution in [0.15, 0.2) is 48.7 Å². The van der Waals surface area contributed by atoms with Crippen molar-refractivity contribution in [1.82, 2.24) is 5.32 Å². The third kappa shape index (κ3) is 4.10. The Labute approximate surface area is 129 Å². The first kappa shape index (κ1) is 15.1. The first-order valence-corrected chi connectivity index (χ1v) is 7.00. The van der Waals surface area contributed by atoms with Gasteiger partial charge in [0.25, 0.3) is 0 Å². The molecule has 2 N–H and O–H groups in total. The molecular weight excluding hydrogens is 284 g/mol. The minimum atomic E-state index is -0.285. The van der Waals surface area contributed by atoms with Crippen LogP contribution in [0.1, 0.15) is 16.7 Å². The van der Waals surface area contributed by atoms with Gasteiger partial charge in [0, 0.05) is 16.9 Å². The van der Waals surface area contributed by atoms with E-state index in [-0.39, 0.29) is 6.03 Å². The summed E-state index contributed by atoms with van der Waals surface area (Å²) in [7, 11) is 0. The van der Waals surface area contributed by atoms with E-state index >= 15 is 0 Å². The van der Waals surface area contributed by atoms with Crippen molar-refractivity contribution in [2.45, 2.75) is 13.8 Å². The Balaban J connectivity index is 1.97. The zero-order chi connectivity index (χ0) is 15.2. The van der Waals surface area contributed by atoms with Crippen LogP contribution in [-0.2, 0) is 0 Å². The molecule has 0 aromatic heterocycles. The molecule has 2 rings (SSSR count). The predicted octanol–water partition coefficient (Wildman–Crippen LogP) is 4.75. The van der Waals surface area contributed by atoms with E-state index in [0.717, 1.165) is 22.4 Å². The number of halogens is 1. The highest BCUT2D eigenvalue weighted by Gasteiger charge is 2.03. The summed E-state index contributed by atoms with van der Waals surface area (Å²) in [4.78, 5) is 11.8. The Bertz CT molecular complexity index is 680. The summed E-state index contributed by atoms with van der Waals surface area (Å²) < 4.78 is 0. The second-order valence-electron chi connectivity index (χ2n) is 4.70. The van der Waals surface area contributed by atoms with Gasteiger partial charge in [0.05, 0.1) is 0 Å². The van der Waals surface area contributed by atoms with Crippen molar-refractivity contribution < 1.29 is 4.79 Å². The molecule has 0 bridgehead atoms. The number of nitrogens with one attached hydrogen (secondary N) is 2. The third-order valence-corrected chi connectivity index (χ3v) is 3.58. The smallest absolute Gasteiger partial charge is 0.314 e. The van der Waals surface area contributed by atoms with Crippen LogP contribution in [0.5, 0.6) is 0 Å². The quantitative estimate of drug-likeness (QED) is 0.844. The molecule has 3 nitrogen and oxygen atoms in total. The first-order valence-electron chi connectivity index (χ1n) is 6.63. The highest BCUT2D eigenvalue weighted by Crippen LogP contribution is 2.18. The average Bonchev–Trinajstić information content (AvgIpc) is 2.46. The van der Waals surface area contributed by atoms with Crippen molar-refractivity contribution in [1.29, 1.82) is 0 Å². The molecule has 0 aliphatic rings. The molecule has 21 heavy (non-hydrogen) atoms. The lowest BCUT2D eigenvalue weighted by Gasteiger charge is -2.09. The molecule has 0 saturated heterocycles. The molecule has 4 heteroatoms. The highest BCUT2D eigenvalue weighted by atomic mass is 35.5. The molecule has 0 heterocycles. The number of anilines is 1. The number of amides is 2. The van der Waals surface area contributed by atoms with Gasteiger partial charge in [-0.25, -0.2) is 4.79 Å². The summed E-state index contributed by atoms with van der Waals surface area (Å²) in [6, 6.07) is 12.9. The Morgan fingerprint density at radius 1 is 1.10 bits per heavy atom. The average molecular weight is 301 g/mol. The summed E-state index contributed by atoms with van der Waals surface area (Å²) in [6.07, 6.45) is 3.33. The van der Waals surface area contributed by atoms with Gasteiger partial charge in [-0.05, 0) is 48.7 Å². The first-order chi connectivity index (χ1) is 10.1. The molecule has 0 unspecified atom stereocenters. The monoisotopic (exact) mass is 300 g/mol. The maximum Gasteiger partial charge on any atom is 0.323 e. The zero-order valence-corrected chi connectivity index (χ0v) is 12.7. The maximum atomic E-state index is 11.8. The molecule has 0 aliphatic carbocycles. The van der Waals surface area contributed by atoms with E-state index in [9.17, 15) is 4.79 Å². The van der Waals surface area contributed by atoms with Crippen LogP contribution in [0.25, 0.3) is 6.08 Å². The lowest BCUT2D eigenvalue weighted by Crippen LogP contribution is -2.24. The standard InChI is InChI=1S/C17H17ClN2O/c1-12-6-5-9-16(13(12)2)20-17(21)19-11-10-14-7-3-4-8-15(14)18/h3-11H,1-2H3,(H2,19,20,21)/b11-10+. The normalized spacial score (nSPS) is 10.6. The molecule has 0 fully saturated rings. The molecule has 0 atom stereocenters. The lowest BCUT2D eigenvalue weighted by atomic mass is 10.1. The van der Waals surface area contributed by atoms with Gasteiger partial charge in [-0.15, -0.1) is 0 Å². The second kappa shape index (κ2) is 6.95. The fourth-order valence-corrected chi connectivity index (χ4v) is 2.06. The van der Waals surface area contributed by atoms with Gasteiger partial charge in [-0.2, -0.15) is 0 Å². The number of benzene rings is 2. The number of hydrogen-bond acceptors (Lipinski definition) is 1. The summed E-state index contributed by atoms with van der Waals surface area (Å²) in [5, 5.41) is 6.13. The number of urea groups is 1. The van der Waals surface area contributed by atoms with Crippen molar-refractivity contribution in [3.63, 3.8) is 0 Å². The topological polar surface area (TPSA) is 41.1 Å². The van der Waals surface area contributed by atoms with Gasteiger partial charge in [0.1, 0.15) is 0 Å². The van der Waals surface area contributed by atoms with E-state index < -0.39 is 0 Å². The largest absolute Gasteiger partial charge is 0.323 e.